The van der Waals surface area contributed by atoms with E-state index in [9.17, 15) is 0 Å². The summed E-state index contributed by atoms with van der Waals surface area (Å²) in [5.41, 5.74) is 2.42. The Hall–Kier alpha value is -1.33. The molecule has 0 saturated carbocycles. The fourth-order valence-corrected chi connectivity index (χ4v) is 4.33. The van der Waals surface area contributed by atoms with Crippen LogP contribution in [0.2, 0.25) is 0 Å². The third-order valence-electron chi connectivity index (χ3n) is 4.66. The van der Waals surface area contributed by atoms with Crippen LogP contribution in [-0.2, 0) is 0 Å². The van der Waals surface area contributed by atoms with Crippen molar-refractivity contribution in [3.05, 3.63) is 35.7 Å². The molecule has 2 aromatic rings. The maximum atomic E-state index is 4.39. The van der Waals surface area contributed by atoms with Gasteiger partial charge in [0, 0.05) is 17.5 Å². The van der Waals surface area contributed by atoms with Crippen LogP contribution in [0.4, 0.5) is 0 Å². The zero-order valence-electron chi connectivity index (χ0n) is 14.3. The van der Waals surface area contributed by atoms with E-state index in [2.05, 4.69) is 57.9 Å². The van der Waals surface area contributed by atoms with Gasteiger partial charge in [0.1, 0.15) is 5.82 Å². The van der Waals surface area contributed by atoms with Crippen molar-refractivity contribution in [2.45, 2.75) is 50.7 Å². The molecule has 4 nitrogen and oxygen atoms in total. The Morgan fingerprint density at radius 2 is 2.09 bits per heavy atom. The minimum atomic E-state index is 0.729. The standard InChI is InChI=1S/C18H26N4S/c1-14-7-6-9-17(13-14)22-15(2)19-20-18(22)23-12-10-16-8-4-5-11-21(16)3/h6-7,9,13,16H,4-5,8,10-12H2,1-3H3. The lowest BCUT2D eigenvalue weighted by Crippen LogP contribution is -2.36. The minimum Gasteiger partial charge on any atom is -0.303 e. The van der Waals surface area contributed by atoms with Crippen LogP contribution in [-0.4, -0.2) is 45.1 Å². The largest absolute Gasteiger partial charge is 0.303 e. The molecule has 3 rings (SSSR count). The molecule has 0 amide bonds. The molecule has 124 valence electrons. The first-order chi connectivity index (χ1) is 11.1. The topological polar surface area (TPSA) is 34.0 Å². The van der Waals surface area contributed by atoms with Gasteiger partial charge in [-0.25, -0.2) is 0 Å². The maximum absolute atomic E-state index is 4.39. The second-order valence-electron chi connectivity index (χ2n) is 6.47. The number of likely N-dealkylation sites (tertiary alicyclic amines) is 1. The Kier molecular flexibility index (Phi) is 5.38. The Labute approximate surface area is 143 Å². The van der Waals surface area contributed by atoms with Crippen molar-refractivity contribution in [3.63, 3.8) is 0 Å². The van der Waals surface area contributed by atoms with Crippen molar-refractivity contribution in [2.24, 2.45) is 0 Å². The number of thioether (sulfide) groups is 1. The third kappa shape index (κ3) is 3.96. The molecule has 23 heavy (non-hydrogen) atoms. The van der Waals surface area contributed by atoms with Crippen LogP contribution in [0, 0.1) is 13.8 Å². The molecule has 1 aromatic carbocycles. The molecule has 1 unspecified atom stereocenters. The normalized spacial score (nSPS) is 19.2. The summed E-state index contributed by atoms with van der Waals surface area (Å²) in [5.74, 6) is 2.05. The molecule has 1 atom stereocenters. The summed E-state index contributed by atoms with van der Waals surface area (Å²) in [5, 5.41) is 9.68. The molecule has 5 heteroatoms. The van der Waals surface area contributed by atoms with Gasteiger partial charge in [-0.1, -0.05) is 30.3 Å². The molecular formula is C18H26N4S. The molecule has 0 bridgehead atoms. The maximum Gasteiger partial charge on any atom is 0.195 e. The zero-order chi connectivity index (χ0) is 16.2. The summed E-state index contributed by atoms with van der Waals surface area (Å²) >= 11 is 1.83. The van der Waals surface area contributed by atoms with E-state index in [0.29, 0.717) is 0 Å². The van der Waals surface area contributed by atoms with Gasteiger partial charge in [-0.15, -0.1) is 10.2 Å². The van der Waals surface area contributed by atoms with Crippen molar-refractivity contribution in [1.29, 1.82) is 0 Å². The Morgan fingerprint density at radius 3 is 2.87 bits per heavy atom. The monoisotopic (exact) mass is 330 g/mol. The highest BCUT2D eigenvalue weighted by atomic mass is 32.2. The van der Waals surface area contributed by atoms with Crippen molar-refractivity contribution < 1.29 is 0 Å². The van der Waals surface area contributed by atoms with E-state index < -0.39 is 0 Å². The molecule has 0 radical (unpaired) electrons. The molecule has 1 aliphatic rings. The van der Waals surface area contributed by atoms with E-state index in [1.165, 1.54) is 37.8 Å². The van der Waals surface area contributed by atoms with Crippen LogP contribution in [0.25, 0.3) is 5.69 Å². The number of aryl methyl sites for hydroxylation is 2. The summed E-state index contributed by atoms with van der Waals surface area (Å²) in [7, 11) is 2.26. The summed E-state index contributed by atoms with van der Waals surface area (Å²) in [4.78, 5) is 2.51. The van der Waals surface area contributed by atoms with Gasteiger partial charge in [0.15, 0.2) is 5.16 Å². The van der Waals surface area contributed by atoms with Crippen molar-refractivity contribution in [3.8, 4) is 5.69 Å². The van der Waals surface area contributed by atoms with E-state index >= 15 is 0 Å². The first kappa shape index (κ1) is 16.5. The Balaban J connectivity index is 1.67. The Morgan fingerprint density at radius 1 is 1.22 bits per heavy atom. The van der Waals surface area contributed by atoms with Gasteiger partial charge in [0.25, 0.3) is 0 Å². The number of aromatic nitrogens is 3. The zero-order valence-corrected chi connectivity index (χ0v) is 15.1. The molecule has 1 aromatic heterocycles. The van der Waals surface area contributed by atoms with Crippen LogP contribution in [0.1, 0.15) is 37.1 Å². The predicted octanol–water partition coefficient (Wildman–Crippen LogP) is 3.85. The highest BCUT2D eigenvalue weighted by Crippen LogP contribution is 2.25. The minimum absolute atomic E-state index is 0.729. The van der Waals surface area contributed by atoms with E-state index in [1.54, 1.807) is 0 Å². The molecule has 1 aliphatic heterocycles. The van der Waals surface area contributed by atoms with Crippen LogP contribution in [0.15, 0.2) is 29.4 Å². The van der Waals surface area contributed by atoms with Gasteiger partial charge >= 0.3 is 0 Å². The number of nitrogens with zero attached hydrogens (tertiary/aromatic N) is 4. The fourth-order valence-electron chi connectivity index (χ4n) is 3.30. The van der Waals surface area contributed by atoms with Gasteiger partial charge in [-0.3, -0.25) is 4.57 Å². The SMILES string of the molecule is Cc1cccc(-n2c(C)nnc2SCCC2CCCCN2C)c1. The number of piperidine rings is 1. The quantitative estimate of drug-likeness (QED) is 0.780. The lowest BCUT2D eigenvalue weighted by atomic mass is 10.0. The lowest BCUT2D eigenvalue weighted by molar-refractivity contribution is 0.182. The van der Waals surface area contributed by atoms with Gasteiger partial charge in [-0.05, 0) is 64.4 Å². The highest BCUT2D eigenvalue weighted by Gasteiger charge is 2.19. The van der Waals surface area contributed by atoms with Crippen LogP contribution in [0.5, 0.6) is 0 Å². The summed E-state index contributed by atoms with van der Waals surface area (Å²) in [6.45, 7) is 5.39. The van der Waals surface area contributed by atoms with Gasteiger partial charge in [0.2, 0.25) is 0 Å². The van der Waals surface area contributed by atoms with E-state index in [-0.39, 0.29) is 0 Å². The van der Waals surface area contributed by atoms with Crippen molar-refractivity contribution in [1.82, 2.24) is 19.7 Å². The summed E-state index contributed by atoms with van der Waals surface area (Å²) < 4.78 is 2.17. The summed E-state index contributed by atoms with van der Waals surface area (Å²) in [6.07, 6.45) is 5.28. The molecule has 1 saturated heterocycles. The van der Waals surface area contributed by atoms with Crippen LogP contribution in [0.3, 0.4) is 0 Å². The van der Waals surface area contributed by atoms with Crippen LogP contribution >= 0.6 is 11.8 Å². The summed E-state index contributed by atoms with van der Waals surface area (Å²) in [6, 6.07) is 9.26. The van der Waals surface area contributed by atoms with E-state index in [4.69, 9.17) is 0 Å². The third-order valence-corrected chi connectivity index (χ3v) is 5.62. The highest BCUT2D eigenvalue weighted by molar-refractivity contribution is 7.99. The van der Waals surface area contributed by atoms with Gasteiger partial charge in [-0.2, -0.15) is 0 Å². The lowest BCUT2D eigenvalue weighted by Gasteiger charge is -2.32. The molecule has 1 fully saturated rings. The van der Waals surface area contributed by atoms with Crippen molar-refractivity contribution in [2.75, 3.05) is 19.3 Å². The first-order valence-corrected chi connectivity index (χ1v) is 9.46. The second-order valence-corrected chi connectivity index (χ2v) is 7.53. The average molecular weight is 331 g/mol. The van der Waals surface area contributed by atoms with E-state index in [0.717, 1.165) is 28.5 Å². The van der Waals surface area contributed by atoms with Gasteiger partial charge < -0.3 is 4.90 Å². The van der Waals surface area contributed by atoms with Crippen LogP contribution < -0.4 is 0 Å². The molecule has 2 heterocycles. The smallest absolute Gasteiger partial charge is 0.195 e. The number of hydrogen-bond donors (Lipinski definition) is 0. The molecule has 0 N–H and O–H groups in total. The fraction of sp³-hybridized carbons (Fsp3) is 0.556. The number of rotatable bonds is 5. The van der Waals surface area contributed by atoms with E-state index in [1.807, 2.05) is 18.7 Å². The molecule has 0 aliphatic carbocycles. The second kappa shape index (κ2) is 7.49. The Bertz CT molecular complexity index is 652. The van der Waals surface area contributed by atoms with Gasteiger partial charge in [0.05, 0.1) is 0 Å². The molecular weight excluding hydrogens is 304 g/mol. The average Bonchev–Trinajstić information content (AvgIpc) is 2.90. The molecule has 0 spiro atoms. The number of hydrogen-bond acceptors (Lipinski definition) is 4. The van der Waals surface area contributed by atoms with Crippen molar-refractivity contribution >= 4 is 11.8 Å². The number of benzene rings is 1. The first-order valence-electron chi connectivity index (χ1n) is 8.47. The predicted molar refractivity (Wildman–Crippen MR) is 96.4 cm³/mol.